The number of carbonyl (C=O) groups is 1. The maximum Gasteiger partial charge on any atom is 0.371 e. The second-order valence-corrected chi connectivity index (χ2v) is 4.92. The summed E-state index contributed by atoms with van der Waals surface area (Å²) >= 11 is 0. The molecule has 18 heavy (non-hydrogen) atoms. The molecule has 0 spiro atoms. The van der Waals surface area contributed by atoms with E-state index in [4.69, 9.17) is 9.52 Å². The fraction of sp³-hybridized carbons (Fsp3) is 0.0833. The van der Waals surface area contributed by atoms with Gasteiger partial charge in [-0.25, -0.2) is 9.18 Å². The van der Waals surface area contributed by atoms with Crippen LogP contribution in [0, 0.1) is 5.82 Å². The summed E-state index contributed by atoms with van der Waals surface area (Å²) in [5.74, 6) is -1.68. The lowest BCUT2D eigenvalue weighted by Gasteiger charge is -1.99. The Morgan fingerprint density at radius 2 is 1.89 bits per heavy atom. The summed E-state index contributed by atoms with van der Waals surface area (Å²) in [6, 6.07) is 8.21. The van der Waals surface area contributed by atoms with E-state index in [1.165, 1.54) is 36.4 Å². The Labute approximate surface area is 105 Å². The van der Waals surface area contributed by atoms with Gasteiger partial charge in [0, 0.05) is 0 Å². The molecule has 0 aliphatic carbocycles. The number of halogens is 1. The van der Waals surface area contributed by atoms with Crippen LogP contribution in [0.4, 0.5) is 4.39 Å². The van der Waals surface area contributed by atoms with Crippen LogP contribution in [0.2, 0.25) is 0 Å². The van der Waals surface area contributed by atoms with Crippen LogP contribution in [0.1, 0.15) is 16.1 Å². The van der Waals surface area contributed by atoms with Gasteiger partial charge in [0.2, 0.25) is 5.76 Å². The molecular weight excluding hydrogens is 259 g/mol. The first-order valence-corrected chi connectivity index (χ1v) is 6.34. The molecule has 1 unspecified atom stereocenters. The van der Waals surface area contributed by atoms with Gasteiger partial charge in [0.1, 0.15) is 5.82 Å². The number of furan rings is 1. The Hall–Kier alpha value is -1.95. The first-order valence-electron chi connectivity index (χ1n) is 5.02. The molecule has 1 heterocycles. The lowest BCUT2D eigenvalue weighted by molar-refractivity contribution is 0.0656. The average molecular weight is 268 g/mol. The van der Waals surface area contributed by atoms with Gasteiger partial charge in [0.15, 0.2) is 5.09 Å². The monoisotopic (exact) mass is 268 g/mol. The molecule has 2 aromatic rings. The van der Waals surface area contributed by atoms with Crippen molar-refractivity contribution in [1.29, 1.82) is 0 Å². The maximum absolute atomic E-state index is 12.7. The van der Waals surface area contributed by atoms with Crippen molar-refractivity contribution in [2.75, 3.05) is 0 Å². The summed E-state index contributed by atoms with van der Waals surface area (Å²) in [5, 5.41) is 8.76. The predicted octanol–water partition coefficient (Wildman–Crippen LogP) is 2.42. The zero-order valence-electron chi connectivity index (χ0n) is 9.13. The van der Waals surface area contributed by atoms with Crippen LogP contribution in [-0.4, -0.2) is 15.3 Å². The molecule has 6 heteroatoms. The Morgan fingerprint density at radius 3 is 2.44 bits per heavy atom. The predicted molar refractivity (Wildman–Crippen MR) is 62.2 cm³/mol. The molecule has 1 N–H and O–H groups in total. The van der Waals surface area contributed by atoms with Crippen molar-refractivity contribution < 1.29 is 22.9 Å². The van der Waals surface area contributed by atoms with E-state index in [-0.39, 0.29) is 22.4 Å². The second kappa shape index (κ2) is 5.14. The minimum absolute atomic E-state index is 0.0942. The summed E-state index contributed by atoms with van der Waals surface area (Å²) in [6.45, 7) is 0. The minimum Gasteiger partial charge on any atom is -0.475 e. The highest BCUT2D eigenvalue weighted by atomic mass is 32.2. The van der Waals surface area contributed by atoms with Gasteiger partial charge in [-0.1, -0.05) is 12.1 Å². The molecule has 1 aromatic carbocycles. The van der Waals surface area contributed by atoms with Gasteiger partial charge in [0.25, 0.3) is 0 Å². The Balaban J connectivity index is 2.11. The van der Waals surface area contributed by atoms with Gasteiger partial charge in [-0.2, -0.15) is 0 Å². The van der Waals surface area contributed by atoms with E-state index in [0.717, 1.165) is 0 Å². The van der Waals surface area contributed by atoms with Crippen LogP contribution in [0.25, 0.3) is 0 Å². The third kappa shape index (κ3) is 2.84. The molecule has 0 bridgehead atoms. The zero-order chi connectivity index (χ0) is 13.1. The van der Waals surface area contributed by atoms with E-state index in [9.17, 15) is 13.4 Å². The van der Waals surface area contributed by atoms with E-state index in [0.29, 0.717) is 5.56 Å². The van der Waals surface area contributed by atoms with Crippen LogP contribution in [0.3, 0.4) is 0 Å². The van der Waals surface area contributed by atoms with E-state index >= 15 is 0 Å². The topological polar surface area (TPSA) is 67.5 Å². The third-order valence-electron chi connectivity index (χ3n) is 2.23. The highest BCUT2D eigenvalue weighted by molar-refractivity contribution is 7.84. The van der Waals surface area contributed by atoms with Crippen LogP contribution in [0.15, 0.2) is 45.9 Å². The average Bonchev–Trinajstić information content (AvgIpc) is 2.81. The van der Waals surface area contributed by atoms with Crippen molar-refractivity contribution in [3.05, 3.63) is 53.5 Å². The van der Waals surface area contributed by atoms with Crippen LogP contribution in [0.5, 0.6) is 0 Å². The van der Waals surface area contributed by atoms with Crippen molar-refractivity contribution in [2.45, 2.75) is 10.8 Å². The molecule has 0 aliphatic rings. The molecule has 1 atom stereocenters. The number of aromatic carboxylic acids is 1. The number of hydrogen-bond donors (Lipinski definition) is 1. The van der Waals surface area contributed by atoms with Crippen molar-refractivity contribution in [1.82, 2.24) is 0 Å². The van der Waals surface area contributed by atoms with Crippen molar-refractivity contribution in [3.63, 3.8) is 0 Å². The lowest BCUT2D eigenvalue weighted by atomic mass is 10.2. The highest BCUT2D eigenvalue weighted by Gasteiger charge is 2.14. The molecule has 0 aliphatic heterocycles. The van der Waals surface area contributed by atoms with Gasteiger partial charge in [-0.05, 0) is 29.8 Å². The maximum atomic E-state index is 12.7. The first kappa shape index (κ1) is 12.5. The van der Waals surface area contributed by atoms with Crippen molar-refractivity contribution in [3.8, 4) is 0 Å². The second-order valence-electron chi connectivity index (χ2n) is 3.54. The Morgan fingerprint density at radius 1 is 1.22 bits per heavy atom. The number of carboxylic acids is 1. The van der Waals surface area contributed by atoms with Gasteiger partial charge in [0.05, 0.1) is 16.6 Å². The zero-order valence-corrected chi connectivity index (χ0v) is 9.95. The quantitative estimate of drug-likeness (QED) is 0.924. The molecule has 0 saturated heterocycles. The Bertz CT molecular complexity index is 588. The highest BCUT2D eigenvalue weighted by Crippen LogP contribution is 2.16. The molecule has 2 rings (SSSR count). The van der Waals surface area contributed by atoms with Gasteiger partial charge >= 0.3 is 5.97 Å². The SMILES string of the molecule is O=C(O)c1ccc(S(=O)Cc2ccc(F)cc2)o1. The van der Waals surface area contributed by atoms with Crippen LogP contribution in [-0.2, 0) is 16.6 Å². The van der Waals surface area contributed by atoms with E-state index in [1.54, 1.807) is 0 Å². The lowest BCUT2D eigenvalue weighted by Crippen LogP contribution is -1.96. The van der Waals surface area contributed by atoms with Crippen molar-refractivity contribution in [2.24, 2.45) is 0 Å². The largest absolute Gasteiger partial charge is 0.475 e. The first-order chi connectivity index (χ1) is 8.56. The normalized spacial score (nSPS) is 12.3. The molecule has 1 aromatic heterocycles. The van der Waals surface area contributed by atoms with Gasteiger partial charge in [-0.3, -0.25) is 4.21 Å². The van der Waals surface area contributed by atoms with Gasteiger partial charge in [-0.15, -0.1) is 0 Å². The van der Waals surface area contributed by atoms with Gasteiger partial charge < -0.3 is 9.52 Å². The molecule has 4 nitrogen and oxygen atoms in total. The molecule has 0 fully saturated rings. The molecule has 94 valence electrons. The Kier molecular flexibility index (Phi) is 3.57. The number of benzene rings is 1. The molecule has 0 amide bonds. The van der Waals surface area contributed by atoms with E-state index in [1.807, 2.05) is 0 Å². The van der Waals surface area contributed by atoms with Crippen LogP contribution < -0.4 is 0 Å². The number of carboxylic acid groups (broad SMARTS) is 1. The molecular formula is C12H9FO4S. The fourth-order valence-electron chi connectivity index (χ4n) is 1.36. The van der Waals surface area contributed by atoms with Crippen molar-refractivity contribution >= 4 is 16.8 Å². The minimum atomic E-state index is -1.49. The molecule has 0 saturated carbocycles. The summed E-state index contributed by atoms with van der Waals surface area (Å²) in [7, 11) is -1.49. The summed E-state index contributed by atoms with van der Waals surface area (Å²) in [5.41, 5.74) is 0.683. The third-order valence-corrected chi connectivity index (χ3v) is 3.49. The van der Waals surface area contributed by atoms with E-state index in [2.05, 4.69) is 0 Å². The summed E-state index contributed by atoms with van der Waals surface area (Å²) in [4.78, 5) is 10.6. The fourth-order valence-corrected chi connectivity index (χ4v) is 2.40. The van der Waals surface area contributed by atoms with Crippen LogP contribution >= 0.6 is 0 Å². The standard InChI is InChI=1S/C12H9FO4S/c13-9-3-1-8(2-4-9)7-18(16)11-6-5-10(17-11)12(14)15/h1-6H,7H2,(H,14,15). The number of rotatable bonds is 4. The summed E-state index contributed by atoms with van der Waals surface area (Å²) in [6.07, 6.45) is 0. The number of hydrogen-bond acceptors (Lipinski definition) is 3. The molecule has 0 radical (unpaired) electrons. The van der Waals surface area contributed by atoms with E-state index < -0.39 is 16.8 Å². The summed E-state index contributed by atoms with van der Waals surface area (Å²) < 4.78 is 29.5. The smallest absolute Gasteiger partial charge is 0.371 e.